The summed E-state index contributed by atoms with van der Waals surface area (Å²) in [4.78, 5) is 8.12. The number of hydrogen-bond donors (Lipinski definition) is 2. The molecule has 2 rings (SSSR count). The monoisotopic (exact) mass is 264 g/mol. The van der Waals surface area contributed by atoms with Gasteiger partial charge in [0.25, 0.3) is 0 Å². The smallest absolute Gasteiger partial charge is 0.147 e. The zero-order valence-electron chi connectivity index (χ0n) is 10.9. The van der Waals surface area contributed by atoms with Crippen LogP contribution in [0.4, 0.5) is 26.1 Å². The molecule has 0 saturated heterocycles. The SMILES string of the molecule is Cc1nc(N)c(C)c(Nc2cc(F)c(C)cc2F)n1. The van der Waals surface area contributed by atoms with Crippen LogP contribution in [0, 0.1) is 32.4 Å². The maximum absolute atomic E-state index is 13.7. The number of aromatic nitrogens is 2. The van der Waals surface area contributed by atoms with E-state index in [2.05, 4.69) is 15.3 Å². The van der Waals surface area contributed by atoms with E-state index in [1.165, 1.54) is 6.92 Å². The van der Waals surface area contributed by atoms with Crippen LogP contribution in [-0.2, 0) is 0 Å². The summed E-state index contributed by atoms with van der Waals surface area (Å²) in [5, 5.41) is 2.74. The van der Waals surface area contributed by atoms with E-state index in [1.807, 2.05) is 0 Å². The van der Waals surface area contributed by atoms with Crippen LogP contribution in [-0.4, -0.2) is 9.97 Å². The normalized spacial score (nSPS) is 10.6. The van der Waals surface area contributed by atoms with Crippen LogP contribution in [0.15, 0.2) is 12.1 Å². The summed E-state index contributed by atoms with van der Waals surface area (Å²) in [6.45, 7) is 4.88. The fraction of sp³-hybridized carbons (Fsp3) is 0.231. The first-order valence-corrected chi connectivity index (χ1v) is 5.72. The molecule has 0 amide bonds. The van der Waals surface area contributed by atoms with Crippen molar-refractivity contribution >= 4 is 17.3 Å². The fourth-order valence-electron chi connectivity index (χ4n) is 1.64. The second-order valence-corrected chi connectivity index (χ2v) is 4.34. The molecule has 0 aliphatic heterocycles. The van der Waals surface area contributed by atoms with Crippen LogP contribution < -0.4 is 11.1 Å². The van der Waals surface area contributed by atoms with Gasteiger partial charge in [-0.2, -0.15) is 0 Å². The minimum absolute atomic E-state index is 0.0173. The van der Waals surface area contributed by atoms with E-state index in [-0.39, 0.29) is 11.3 Å². The fourth-order valence-corrected chi connectivity index (χ4v) is 1.64. The summed E-state index contributed by atoms with van der Waals surface area (Å²) in [7, 11) is 0. The maximum atomic E-state index is 13.7. The lowest BCUT2D eigenvalue weighted by Crippen LogP contribution is -2.06. The molecule has 0 fully saturated rings. The van der Waals surface area contributed by atoms with Gasteiger partial charge in [-0.25, -0.2) is 18.7 Å². The molecule has 2 aromatic rings. The highest BCUT2D eigenvalue weighted by atomic mass is 19.1. The molecule has 0 aliphatic rings. The minimum Gasteiger partial charge on any atom is -0.383 e. The first-order valence-electron chi connectivity index (χ1n) is 5.72. The quantitative estimate of drug-likeness (QED) is 0.875. The highest BCUT2D eigenvalue weighted by Crippen LogP contribution is 2.25. The molecule has 6 heteroatoms. The summed E-state index contributed by atoms with van der Waals surface area (Å²) in [5.74, 6) is 0.0992. The Kier molecular flexibility index (Phi) is 3.33. The van der Waals surface area contributed by atoms with Crippen molar-refractivity contribution in [1.29, 1.82) is 0 Å². The van der Waals surface area contributed by atoms with E-state index in [9.17, 15) is 8.78 Å². The summed E-state index contributed by atoms with van der Waals surface area (Å²) in [6.07, 6.45) is 0. The number of nitrogens with zero attached hydrogens (tertiary/aromatic N) is 2. The Morgan fingerprint density at radius 3 is 2.42 bits per heavy atom. The molecule has 1 heterocycles. The molecule has 1 aromatic carbocycles. The third-order valence-electron chi connectivity index (χ3n) is 2.80. The molecule has 100 valence electrons. The first kappa shape index (κ1) is 13.2. The van der Waals surface area contributed by atoms with Crippen molar-refractivity contribution in [1.82, 2.24) is 9.97 Å². The van der Waals surface area contributed by atoms with Gasteiger partial charge in [0.1, 0.15) is 29.1 Å². The van der Waals surface area contributed by atoms with Gasteiger partial charge in [0.2, 0.25) is 0 Å². The molecule has 0 atom stereocenters. The molecular formula is C13H14F2N4. The molecule has 0 spiro atoms. The lowest BCUT2D eigenvalue weighted by Gasteiger charge is -2.12. The second kappa shape index (κ2) is 4.79. The van der Waals surface area contributed by atoms with Gasteiger partial charge < -0.3 is 11.1 Å². The summed E-state index contributed by atoms with van der Waals surface area (Å²) < 4.78 is 27.2. The van der Waals surface area contributed by atoms with E-state index in [4.69, 9.17) is 5.73 Å². The zero-order valence-corrected chi connectivity index (χ0v) is 10.9. The number of benzene rings is 1. The van der Waals surface area contributed by atoms with Crippen LogP contribution in [0.2, 0.25) is 0 Å². The molecule has 0 saturated carbocycles. The largest absolute Gasteiger partial charge is 0.383 e. The molecule has 3 N–H and O–H groups in total. The van der Waals surface area contributed by atoms with Crippen molar-refractivity contribution in [3.8, 4) is 0 Å². The van der Waals surface area contributed by atoms with Gasteiger partial charge in [-0.15, -0.1) is 0 Å². The minimum atomic E-state index is -0.548. The average molecular weight is 264 g/mol. The van der Waals surface area contributed by atoms with E-state index in [0.29, 0.717) is 23.0 Å². The zero-order chi connectivity index (χ0) is 14.2. The molecule has 0 radical (unpaired) electrons. The van der Waals surface area contributed by atoms with Crippen LogP contribution >= 0.6 is 0 Å². The molecule has 1 aromatic heterocycles. The Morgan fingerprint density at radius 1 is 1.05 bits per heavy atom. The Bertz CT molecular complexity index is 641. The van der Waals surface area contributed by atoms with Crippen LogP contribution in [0.3, 0.4) is 0 Å². The summed E-state index contributed by atoms with van der Waals surface area (Å²) in [5.41, 5.74) is 6.56. The van der Waals surface area contributed by atoms with Crippen molar-refractivity contribution in [2.45, 2.75) is 20.8 Å². The van der Waals surface area contributed by atoms with Gasteiger partial charge in [-0.3, -0.25) is 0 Å². The lowest BCUT2D eigenvalue weighted by atomic mass is 10.2. The van der Waals surface area contributed by atoms with Gasteiger partial charge in [-0.05, 0) is 32.4 Å². The number of halogens is 2. The van der Waals surface area contributed by atoms with Crippen molar-refractivity contribution in [2.24, 2.45) is 0 Å². The second-order valence-electron chi connectivity index (χ2n) is 4.34. The Labute approximate surface area is 109 Å². The molecule has 0 unspecified atom stereocenters. The van der Waals surface area contributed by atoms with E-state index >= 15 is 0 Å². The van der Waals surface area contributed by atoms with E-state index < -0.39 is 11.6 Å². The van der Waals surface area contributed by atoms with Crippen LogP contribution in [0.1, 0.15) is 17.0 Å². The van der Waals surface area contributed by atoms with Crippen molar-refractivity contribution in [3.63, 3.8) is 0 Å². The average Bonchev–Trinajstić information content (AvgIpc) is 2.32. The van der Waals surface area contributed by atoms with Gasteiger partial charge in [0.05, 0.1) is 5.69 Å². The standard InChI is InChI=1S/C13H14F2N4/c1-6-4-10(15)11(5-9(6)14)19-13-7(2)12(16)17-8(3)18-13/h4-5H,1-3H3,(H3,16,17,18,19). The first-order chi connectivity index (χ1) is 8.88. The number of rotatable bonds is 2. The van der Waals surface area contributed by atoms with Crippen LogP contribution in [0.5, 0.6) is 0 Å². The number of hydrogen-bond acceptors (Lipinski definition) is 4. The van der Waals surface area contributed by atoms with Crippen molar-refractivity contribution < 1.29 is 8.78 Å². The number of aryl methyl sites for hydroxylation is 2. The van der Waals surface area contributed by atoms with Gasteiger partial charge in [-0.1, -0.05) is 0 Å². The number of anilines is 3. The Balaban J connectivity index is 2.44. The molecular weight excluding hydrogens is 250 g/mol. The van der Waals surface area contributed by atoms with Gasteiger partial charge in [0, 0.05) is 11.6 Å². The van der Waals surface area contributed by atoms with Crippen molar-refractivity contribution in [2.75, 3.05) is 11.1 Å². The number of nitrogens with one attached hydrogen (secondary N) is 1. The highest BCUT2D eigenvalue weighted by molar-refractivity contribution is 5.64. The van der Waals surface area contributed by atoms with Gasteiger partial charge in [0.15, 0.2) is 0 Å². The third kappa shape index (κ3) is 2.62. The Morgan fingerprint density at radius 2 is 1.74 bits per heavy atom. The molecule has 19 heavy (non-hydrogen) atoms. The molecule has 4 nitrogen and oxygen atoms in total. The highest BCUT2D eigenvalue weighted by Gasteiger charge is 2.11. The molecule has 0 bridgehead atoms. The van der Waals surface area contributed by atoms with E-state index in [0.717, 1.165) is 12.1 Å². The topological polar surface area (TPSA) is 63.8 Å². The maximum Gasteiger partial charge on any atom is 0.147 e. The van der Waals surface area contributed by atoms with Crippen LogP contribution in [0.25, 0.3) is 0 Å². The molecule has 0 aliphatic carbocycles. The predicted molar refractivity (Wildman–Crippen MR) is 70.3 cm³/mol. The summed E-state index contributed by atoms with van der Waals surface area (Å²) >= 11 is 0. The predicted octanol–water partition coefficient (Wildman–Crippen LogP) is 3.01. The van der Waals surface area contributed by atoms with E-state index in [1.54, 1.807) is 13.8 Å². The van der Waals surface area contributed by atoms with Gasteiger partial charge >= 0.3 is 0 Å². The number of nitrogen functional groups attached to an aromatic ring is 1. The summed E-state index contributed by atoms with van der Waals surface area (Å²) in [6, 6.07) is 2.22. The lowest BCUT2D eigenvalue weighted by molar-refractivity contribution is 0.595. The third-order valence-corrected chi connectivity index (χ3v) is 2.80. The number of nitrogens with two attached hydrogens (primary N) is 1. The van der Waals surface area contributed by atoms with Crippen molar-refractivity contribution in [3.05, 3.63) is 40.7 Å². The Hall–Kier alpha value is -2.24.